The number of H-pyrrole nitrogens is 1. The number of aryl methyl sites for hydroxylation is 1. The summed E-state index contributed by atoms with van der Waals surface area (Å²) in [7, 11) is 0. The first-order valence-corrected chi connectivity index (χ1v) is 14.1. The minimum absolute atomic E-state index is 0.00116. The van der Waals surface area contributed by atoms with Crippen LogP contribution < -0.4 is 15.4 Å². The summed E-state index contributed by atoms with van der Waals surface area (Å²) in [5, 5.41) is 5.13. The van der Waals surface area contributed by atoms with E-state index in [-0.39, 0.29) is 23.7 Å². The molecule has 2 amide bonds. The smallest absolute Gasteiger partial charge is 0.416 e. The van der Waals surface area contributed by atoms with Crippen LogP contribution in [0.25, 0.3) is 11.5 Å². The molecule has 0 aliphatic heterocycles. The van der Waals surface area contributed by atoms with E-state index in [9.17, 15) is 22.8 Å². The number of carbonyl (C=O) groups excluding carboxylic acids is 2. The molecule has 1 unspecified atom stereocenters. The highest BCUT2D eigenvalue weighted by Gasteiger charge is 2.32. The number of fused-ring (bicyclic) bond motifs is 1. The summed E-state index contributed by atoms with van der Waals surface area (Å²) in [4.78, 5) is 36.8. The number of nitrogens with zero attached hydrogens (tertiary/aromatic N) is 2. The normalized spacial score (nSPS) is 14.8. The maximum atomic E-state index is 13.7. The third-order valence-electron chi connectivity index (χ3n) is 6.91. The van der Waals surface area contributed by atoms with E-state index in [1.165, 1.54) is 6.07 Å². The van der Waals surface area contributed by atoms with Gasteiger partial charge in [0.1, 0.15) is 22.8 Å². The number of aromatic amines is 1. The van der Waals surface area contributed by atoms with Crippen molar-refractivity contribution in [2.75, 3.05) is 5.32 Å². The number of rotatable bonds is 7. The quantitative estimate of drug-likeness (QED) is 0.207. The van der Waals surface area contributed by atoms with Crippen LogP contribution in [0.15, 0.2) is 67.1 Å². The van der Waals surface area contributed by atoms with Gasteiger partial charge in [0.25, 0.3) is 0 Å². The Hall–Kier alpha value is -4.87. The predicted octanol–water partition coefficient (Wildman–Crippen LogP) is 7.05. The molecule has 1 atom stereocenters. The molecule has 0 saturated carbocycles. The first-order chi connectivity index (χ1) is 20.8. The van der Waals surface area contributed by atoms with Crippen LogP contribution >= 0.6 is 0 Å². The molecule has 5 rings (SSSR count). The van der Waals surface area contributed by atoms with Gasteiger partial charge in [0.05, 0.1) is 5.56 Å². The van der Waals surface area contributed by atoms with Crippen LogP contribution in [0.3, 0.4) is 0 Å². The number of anilines is 1. The number of pyridine rings is 1. The Morgan fingerprint density at radius 1 is 0.977 bits per heavy atom. The molecule has 0 spiro atoms. The fourth-order valence-corrected chi connectivity index (χ4v) is 4.93. The van der Waals surface area contributed by atoms with E-state index >= 15 is 0 Å². The molecule has 230 valence electrons. The predicted molar refractivity (Wildman–Crippen MR) is 157 cm³/mol. The zero-order chi connectivity index (χ0) is 31.5. The number of benzene rings is 2. The third-order valence-corrected chi connectivity index (χ3v) is 6.91. The molecular weight excluding hydrogens is 575 g/mol. The van der Waals surface area contributed by atoms with Crippen LogP contribution in [0.5, 0.6) is 11.5 Å². The second-order valence-corrected chi connectivity index (χ2v) is 11.5. The Bertz CT molecular complexity index is 1650. The highest BCUT2D eigenvalue weighted by molar-refractivity contribution is 5.93. The summed E-state index contributed by atoms with van der Waals surface area (Å²) in [5.41, 5.74) is 1.12. The number of imidazole rings is 1. The second-order valence-electron chi connectivity index (χ2n) is 11.5. The Morgan fingerprint density at radius 3 is 2.50 bits per heavy atom. The number of alkyl carbamates (subject to hydrolysis) is 1. The highest BCUT2D eigenvalue weighted by Crippen LogP contribution is 2.34. The van der Waals surface area contributed by atoms with Crippen LogP contribution in [0.4, 0.5) is 23.7 Å². The SMILES string of the molecule is CC(C)(C)OC(=O)NCc1cc(NC(=O)C2CCc3ccc(Oc4ccnc(-c5ncc[nH]5)c4)cc3C2)cc(C(F)(F)F)c1. The van der Waals surface area contributed by atoms with E-state index in [0.717, 1.165) is 23.3 Å². The van der Waals surface area contributed by atoms with E-state index in [2.05, 4.69) is 25.6 Å². The van der Waals surface area contributed by atoms with Crippen molar-refractivity contribution >= 4 is 17.7 Å². The van der Waals surface area contributed by atoms with Crippen molar-refractivity contribution < 1.29 is 32.2 Å². The molecule has 0 fully saturated rings. The molecule has 0 bridgehead atoms. The van der Waals surface area contributed by atoms with Crippen molar-refractivity contribution in [3.8, 4) is 23.0 Å². The van der Waals surface area contributed by atoms with E-state index in [1.54, 1.807) is 51.5 Å². The summed E-state index contributed by atoms with van der Waals surface area (Å²) >= 11 is 0. The van der Waals surface area contributed by atoms with Crippen LogP contribution in [0.2, 0.25) is 0 Å². The Labute approximate surface area is 252 Å². The Kier molecular flexibility index (Phi) is 8.61. The van der Waals surface area contributed by atoms with Crippen molar-refractivity contribution in [2.24, 2.45) is 5.92 Å². The molecule has 2 heterocycles. The summed E-state index contributed by atoms with van der Waals surface area (Å²) in [6.45, 7) is 4.84. The van der Waals surface area contributed by atoms with Gasteiger partial charge < -0.3 is 25.1 Å². The molecule has 9 nitrogen and oxygen atoms in total. The lowest BCUT2D eigenvalue weighted by atomic mass is 9.83. The van der Waals surface area contributed by atoms with E-state index in [0.29, 0.717) is 42.3 Å². The molecule has 2 aromatic carbocycles. The van der Waals surface area contributed by atoms with Gasteiger partial charge in [0, 0.05) is 42.8 Å². The lowest BCUT2D eigenvalue weighted by Gasteiger charge is -2.25. The molecule has 4 aromatic rings. The summed E-state index contributed by atoms with van der Waals surface area (Å²) < 4.78 is 52.2. The second kappa shape index (κ2) is 12.4. The van der Waals surface area contributed by atoms with Gasteiger partial charge in [-0.05, 0) is 93.1 Å². The number of carbonyl (C=O) groups is 2. The van der Waals surface area contributed by atoms with Gasteiger partial charge in [0.2, 0.25) is 5.91 Å². The van der Waals surface area contributed by atoms with Crippen molar-refractivity contribution in [3.63, 3.8) is 0 Å². The van der Waals surface area contributed by atoms with Gasteiger partial charge in [-0.1, -0.05) is 6.07 Å². The first kappa shape index (κ1) is 30.6. The van der Waals surface area contributed by atoms with Crippen molar-refractivity contribution in [3.05, 3.63) is 89.4 Å². The van der Waals surface area contributed by atoms with Crippen molar-refractivity contribution in [2.45, 2.75) is 58.4 Å². The number of hydrogen-bond acceptors (Lipinski definition) is 6. The molecule has 3 N–H and O–H groups in total. The summed E-state index contributed by atoms with van der Waals surface area (Å²) in [5.74, 6) is 0.924. The third kappa shape index (κ3) is 7.94. The van der Waals surface area contributed by atoms with Crippen LogP contribution in [0, 0.1) is 5.92 Å². The van der Waals surface area contributed by atoms with E-state index in [4.69, 9.17) is 9.47 Å². The number of alkyl halides is 3. The van der Waals surface area contributed by atoms with Gasteiger partial charge in [-0.3, -0.25) is 9.78 Å². The van der Waals surface area contributed by atoms with Gasteiger partial charge in [-0.25, -0.2) is 9.78 Å². The van der Waals surface area contributed by atoms with Crippen LogP contribution in [-0.2, 0) is 35.1 Å². The zero-order valence-corrected chi connectivity index (χ0v) is 24.4. The van der Waals surface area contributed by atoms with Crippen molar-refractivity contribution in [1.29, 1.82) is 0 Å². The molecule has 0 radical (unpaired) electrons. The van der Waals surface area contributed by atoms with E-state index < -0.39 is 29.4 Å². The fraction of sp³-hybridized carbons (Fsp3) is 0.312. The van der Waals surface area contributed by atoms with Crippen LogP contribution in [-0.4, -0.2) is 32.6 Å². The summed E-state index contributed by atoms with van der Waals surface area (Å²) in [6.07, 6.45) is 1.15. The van der Waals surface area contributed by atoms with Gasteiger partial charge in [-0.2, -0.15) is 13.2 Å². The number of nitrogens with one attached hydrogen (secondary N) is 3. The molecular formula is C32H32F3N5O4. The average molecular weight is 608 g/mol. The fourth-order valence-electron chi connectivity index (χ4n) is 4.93. The Morgan fingerprint density at radius 2 is 1.77 bits per heavy atom. The molecule has 1 aliphatic rings. The Balaban J connectivity index is 1.27. The topological polar surface area (TPSA) is 118 Å². The minimum atomic E-state index is -4.64. The minimum Gasteiger partial charge on any atom is -0.457 e. The van der Waals surface area contributed by atoms with E-state index in [1.807, 2.05) is 18.2 Å². The average Bonchev–Trinajstić information content (AvgIpc) is 3.50. The summed E-state index contributed by atoms with van der Waals surface area (Å²) in [6, 6.07) is 12.4. The number of halogens is 3. The van der Waals surface area contributed by atoms with Gasteiger partial charge >= 0.3 is 12.3 Å². The number of hydrogen-bond donors (Lipinski definition) is 3. The standard InChI is InChI=1S/C32H32F3N5O4/c1-31(2,3)44-30(42)39-18-19-12-23(32(33,34)35)16-24(13-19)40-29(41)21-5-4-20-6-7-25(15-22(20)14-21)43-26-8-9-36-27(17-26)28-37-10-11-38-28/h6-13,15-17,21H,4-5,14,18H2,1-3H3,(H,37,38)(H,39,42)(H,40,41). The lowest BCUT2D eigenvalue weighted by molar-refractivity contribution is -0.137. The highest BCUT2D eigenvalue weighted by atomic mass is 19.4. The maximum absolute atomic E-state index is 13.7. The largest absolute Gasteiger partial charge is 0.457 e. The maximum Gasteiger partial charge on any atom is 0.416 e. The molecule has 12 heteroatoms. The lowest BCUT2D eigenvalue weighted by Crippen LogP contribution is -2.32. The van der Waals surface area contributed by atoms with Crippen LogP contribution in [0.1, 0.15) is 49.4 Å². The monoisotopic (exact) mass is 607 g/mol. The number of amides is 2. The first-order valence-electron chi connectivity index (χ1n) is 14.1. The zero-order valence-electron chi connectivity index (χ0n) is 24.4. The number of aromatic nitrogens is 3. The van der Waals surface area contributed by atoms with Gasteiger partial charge in [0.15, 0.2) is 5.82 Å². The molecule has 44 heavy (non-hydrogen) atoms. The molecule has 0 saturated heterocycles. The molecule has 1 aliphatic carbocycles. The molecule has 2 aromatic heterocycles. The van der Waals surface area contributed by atoms with Gasteiger partial charge in [-0.15, -0.1) is 0 Å². The van der Waals surface area contributed by atoms with Crippen molar-refractivity contribution in [1.82, 2.24) is 20.3 Å². The number of ether oxygens (including phenoxy) is 2.